The van der Waals surface area contributed by atoms with Crippen molar-refractivity contribution in [1.82, 2.24) is 4.90 Å². The number of ether oxygens (including phenoxy) is 1. The lowest BCUT2D eigenvalue weighted by atomic mass is 9.49. The molecule has 0 radical (unpaired) electrons. The highest BCUT2D eigenvalue weighted by Gasteiger charge is 2.66. The van der Waals surface area contributed by atoms with E-state index < -0.39 is 0 Å². The van der Waals surface area contributed by atoms with E-state index in [1.54, 1.807) is 24.3 Å². The Morgan fingerprint density at radius 2 is 1.86 bits per heavy atom. The van der Waals surface area contributed by atoms with Crippen LogP contribution in [0.5, 0.6) is 5.75 Å². The molecule has 0 bridgehead atoms. The van der Waals surface area contributed by atoms with Crippen LogP contribution in [-0.2, 0) is 6.54 Å². The minimum Gasteiger partial charge on any atom is -0.489 e. The summed E-state index contributed by atoms with van der Waals surface area (Å²) >= 11 is 6.17. The number of carbonyl (C=O) groups is 1. The third-order valence-corrected chi connectivity index (χ3v) is 6.67. The van der Waals surface area contributed by atoms with Crippen LogP contribution >= 0.6 is 11.6 Å². The molecule has 5 nitrogen and oxygen atoms in total. The van der Waals surface area contributed by atoms with E-state index in [9.17, 15) is 4.79 Å². The highest BCUT2D eigenvalue weighted by Crippen LogP contribution is 2.59. The molecule has 2 aromatic rings. The Morgan fingerprint density at radius 3 is 2.48 bits per heavy atom. The molecule has 1 amide bonds. The van der Waals surface area contributed by atoms with Crippen LogP contribution in [0.2, 0.25) is 5.02 Å². The lowest BCUT2D eigenvalue weighted by Crippen LogP contribution is -2.74. The van der Waals surface area contributed by atoms with E-state index in [4.69, 9.17) is 27.3 Å². The number of fused-ring (bicyclic) bond motifs is 1. The van der Waals surface area contributed by atoms with Gasteiger partial charge in [-0.15, -0.1) is 0 Å². The van der Waals surface area contributed by atoms with Gasteiger partial charge in [-0.3, -0.25) is 4.79 Å². The number of benzene rings is 2. The summed E-state index contributed by atoms with van der Waals surface area (Å²) in [4.78, 5) is 15.1. The Balaban J connectivity index is 1.60. The van der Waals surface area contributed by atoms with Gasteiger partial charge in [0.1, 0.15) is 17.9 Å². The van der Waals surface area contributed by atoms with Gasteiger partial charge >= 0.3 is 0 Å². The van der Waals surface area contributed by atoms with Gasteiger partial charge in [-0.25, -0.2) is 0 Å². The lowest BCUT2D eigenvalue weighted by molar-refractivity contribution is -0.199. The van der Waals surface area contributed by atoms with Crippen molar-refractivity contribution in [3.05, 3.63) is 58.1 Å². The third kappa shape index (κ3) is 2.86. The zero-order valence-corrected chi connectivity index (χ0v) is 17.7. The van der Waals surface area contributed by atoms with Crippen LogP contribution < -0.4 is 10.5 Å². The Labute approximate surface area is 176 Å². The second-order valence-electron chi connectivity index (χ2n) is 9.15. The predicted molar refractivity (Wildman–Crippen MR) is 113 cm³/mol. The van der Waals surface area contributed by atoms with Crippen LogP contribution in [0.15, 0.2) is 36.4 Å². The average molecular weight is 410 g/mol. The van der Waals surface area contributed by atoms with Crippen molar-refractivity contribution in [2.45, 2.75) is 46.4 Å². The van der Waals surface area contributed by atoms with Gasteiger partial charge in [0.25, 0.3) is 5.91 Å². The van der Waals surface area contributed by atoms with E-state index in [-0.39, 0.29) is 28.9 Å². The molecule has 0 unspecified atom stereocenters. The monoisotopic (exact) mass is 409 g/mol. The number of nitrogen functional groups attached to an aromatic ring is 1. The molecule has 0 spiro atoms. The number of nitrogens with two attached hydrogens (primary N) is 1. The summed E-state index contributed by atoms with van der Waals surface area (Å²) in [5.41, 5.74) is 8.07. The van der Waals surface area contributed by atoms with Gasteiger partial charge in [-0.2, -0.15) is 5.26 Å². The SMILES string of the molecule is CC1(C)C(Oc2ccc(C#N)c(Cl)c2)C(C)(C)C1N1Cc2ccc(N)cc2C1=O. The number of hydrogen-bond acceptors (Lipinski definition) is 4. The molecule has 2 aromatic carbocycles. The Hall–Kier alpha value is -2.71. The number of nitriles is 1. The fourth-order valence-corrected chi connectivity index (χ4v) is 5.77. The first-order valence-corrected chi connectivity index (χ1v) is 10.0. The summed E-state index contributed by atoms with van der Waals surface area (Å²) in [6.45, 7) is 9.10. The van der Waals surface area contributed by atoms with Crippen LogP contribution in [0.1, 0.15) is 49.2 Å². The molecule has 1 fully saturated rings. The van der Waals surface area contributed by atoms with Gasteiger partial charge in [0.15, 0.2) is 0 Å². The largest absolute Gasteiger partial charge is 0.489 e. The fourth-order valence-electron chi connectivity index (χ4n) is 5.56. The van der Waals surface area contributed by atoms with Gasteiger partial charge in [0.2, 0.25) is 0 Å². The zero-order chi connectivity index (χ0) is 21.1. The van der Waals surface area contributed by atoms with E-state index in [1.165, 1.54) is 0 Å². The molecule has 29 heavy (non-hydrogen) atoms. The standard InChI is InChI=1S/C23H24ClN3O2/c1-22(2)20(27-12-14-5-7-15(26)9-17(14)19(27)28)23(3,4)21(22)29-16-8-6-13(11-25)18(24)10-16/h5-10,20-21H,12,26H2,1-4H3. The minimum absolute atomic E-state index is 0.00924. The first-order valence-electron chi connectivity index (χ1n) is 9.63. The van der Waals surface area contributed by atoms with E-state index in [0.29, 0.717) is 34.1 Å². The molecule has 0 atom stereocenters. The summed E-state index contributed by atoms with van der Waals surface area (Å²) < 4.78 is 6.33. The molecule has 1 aliphatic carbocycles. The molecule has 1 aliphatic heterocycles. The number of hydrogen-bond donors (Lipinski definition) is 1. The smallest absolute Gasteiger partial charge is 0.254 e. The maximum Gasteiger partial charge on any atom is 0.254 e. The van der Waals surface area contributed by atoms with Gasteiger partial charge in [-0.05, 0) is 29.8 Å². The van der Waals surface area contributed by atoms with Crippen LogP contribution in [0, 0.1) is 22.2 Å². The molecular weight excluding hydrogens is 386 g/mol. The molecule has 0 saturated heterocycles. The van der Waals surface area contributed by atoms with Gasteiger partial charge < -0.3 is 15.4 Å². The molecule has 1 saturated carbocycles. The molecule has 4 rings (SSSR count). The third-order valence-electron chi connectivity index (χ3n) is 6.35. The predicted octanol–water partition coefficient (Wildman–Crippen LogP) is 4.63. The highest BCUT2D eigenvalue weighted by atomic mass is 35.5. The number of nitrogens with zero attached hydrogens (tertiary/aromatic N) is 2. The average Bonchev–Trinajstić information content (AvgIpc) is 2.95. The Kier molecular flexibility index (Phi) is 4.32. The second kappa shape index (κ2) is 6.40. The normalized spacial score (nSPS) is 23.9. The molecular formula is C23H24ClN3O2. The van der Waals surface area contributed by atoms with E-state index in [1.807, 2.05) is 17.0 Å². The van der Waals surface area contributed by atoms with Crippen LogP contribution in [-0.4, -0.2) is 23.0 Å². The summed E-state index contributed by atoms with van der Waals surface area (Å²) in [6, 6.07) is 12.7. The molecule has 6 heteroatoms. The van der Waals surface area contributed by atoms with E-state index in [2.05, 4.69) is 33.8 Å². The summed E-state index contributed by atoms with van der Waals surface area (Å²) in [6.07, 6.45) is -0.120. The van der Waals surface area contributed by atoms with Gasteiger partial charge in [-0.1, -0.05) is 45.4 Å². The second-order valence-corrected chi connectivity index (χ2v) is 9.55. The number of amides is 1. The molecule has 0 aromatic heterocycles. The number of anilines is 1. The molecule has 150 valence electrons. The van der Waals surface area contributed by atoms with Crippen molar-refractivity contribution in [2.75, 3.05) is 5.73 Å². The van der Waals surface area contributed by atoms with Crippen molar-refractivity contribution in [3.63, 3.8) is 0 Å². The van der Waals surface area contributed by atoms with Crippen LogP contribution in [0.25, 0.3) is 0 Å². The van der Waals surface area contributed by atoms with Gasteiger partial charge in [0, 0.05) is 40.7 Å². The lowest BCUT2D eigenvalue weighted by Gasteiger charge is -2.65. The number of carbonyl (C=O) groups excluding carboxylic acids is 1. The minimum atomic E-state index is -0.271. The van der Waals surface area contributed by atoms with Crippen LogP contribution in [0.3, 0.4) is 0 Å². The molecule has 2 N–H and O–H groups in total. The van der Waals surface area contributed by atoms with E-state index in [0.717, 1.165) is 5.56 Å². The summed E-state index contributed by atoms with van der Waals surface area (Å²) in [7, 11) is 0. The Morgan fingerprint density at radius 1 is 1.17 bits per heavy atom. The van der Waals surface area contributed by atoms with Crippen molar-refractivity contribution in [3.8, 4) is 11.8 Å². The van der Waals surface area contributed by atoms with Crippen molar-refractivity contribution in [2.24, 2.45) is 10.8 Å². The fraction of sp³-hybridized carbons (Fsp3) is 0.391. The summed E-state index contributed by atoms with van der Waals surface area (Å²) in [5, 5.41) is 9.44. The van der Waals surface area contributed by atoms with Crippen molar-refractivity contribution in [1.29, 1.82) is 5.26 Å². The Bertz CT molecular complexity index is 1040. The summed E-state index contributed by atoms with van der Waals surface area (Å²) in [5.74, 6) is 0.653. The van der Waals surface area contributed by atoms with Crippen molar-refractivity contribution < 1.29 is 9.53 Å². The molecule has 2 aliphatic rings. The van der Waals surface area contributed by atoms with Crippen molar-refractivity contribution >= 4 is 23.2 Å². The zero-order valence-electron chi connectivity index (χ0n) is 17.0. The topological polar surface area (TPSA) is 79.3 Å². The number of halogens is 1. The quantitative estimate of drug-likeness (QED) is 0.749. The number of rotatable bonds is 3. The highest BCUT2D eigenvalue weighted by molar-refractivity contribution is 6.31. The first-order chi connectivity index (χ1) is 13.6. The maximum atomic E-state index is 13.1. The first kappa shape index (κ1) is 19.6. The molecule has 1 heterocycles. The van der Waals surface area contributed by atoms with E-state index >= 15 is 0 Å². The van der Waals surface area contributed by atoms with Gasteiger partial charge in [0.05, 0.1) is 10.6 Å². The maximum absolute atomic E-state index is 13.1. The van der Waals surface area contributed by atoms with Crippen LogP contribution in [0.4, 0.5) is 5.69 Å².